The maximum atomic E-state index is 11.8. The number of hydrogen-bond donors (Lipinski definition) is 2. The van der Waals surface area contributed by atoms with Gasteiger partial charge in [0.25, 0.3) is 0 Å². The van der Waals surface area contributed by atoms with Gasteiger partial charge < -0.3 is 15.8 Å². The predicted molar refractivity (Wildman–Crippen MR) is 72.6 cm³/mol. The van der Waals surface area contributed by atoms with Gasteiger partial charge >= 0.3 is 6.18 Å². The standard InChI is InChI=1S/C13H24F3N3O/c14-13(15,16)10-20-9-5-8-18-12(17)19-11-6-3-1-2-4-7-11/h11H,1-10H2,(H3,17,18,19). The number of nitrogens with zero attached hydrogens (tertiary/aromatic N) is 1. The van der Waals surface area contributed by atoms with E-state index in [9.17, 15) is 13.2 Å². The van der Waals surface area contributed by atoms with Crippen LogP contribution in [0.1, 0.15) is 44.9 Å². The topological polar surface area (TPSA) is 59.6 Å². The highest BCUT2D eigenvalue weighted by Gasteiger charge is 2.27. The summed E-state index contributed by atoms with van der Waals surface area (Å²) in [6.45, 7) is -0.782. The summed E-state index contributed by atoms with van der Waals surface area (Å²) >= 11 is 0. The molecule has 1 saturated carbocycles. The first-order valence-corrected chi connectivity index (χ1v) is 7.18. The normalized spacial score (nSPS) is 18.9. The van der Waals surface area contributed by atoms with Gasteiger partial charge in [-0.25, -0.2) is 0 Å². The zero-order chi connectivity index (χ0) is 14.8. The number of halogens is 3. The smallest absolute Gasteiger partial charge is 0.372 e. The third-order valence-electron chi connectivity index (χ3n) is 3.20. The van der Waals surface area contributed by atoms with Crippen molar-refractivity contribution in [1.82, 2.24) is 5.32 Å². The molecule has 0 aromatic heterocycles. The van der Waals surface area contributed by atoms with Gasteiger partial charge in [-0.1, -0.05) is 25.7 Å². The number of nitrogens with one attached hydrogen (secondary N) is 1. The van der Waals surface area contributed by atoms with Gasteiger partial charge in [0, 0.05) is 19.2 Å². The molecule has 0 radical (unpaired) electrons. The highest BCUT2D eigenvalue weighted by molar-refractivity contribution is 5.78. The molecule has 0 aromatic carbocycles. The lowest BCUT2D eigenvalue weighted by Gasteiger charge is -2.16. The van der Waals surface area contributed by atoms with Crippen molar-refractivity contribution in [3.63, 3.8) is 0 Å². The first-order valence-electron chi connectivity index (χ1n) is 7.18. The minimum absolute atomic E-state index is 0.0414. The Morgan fingerprint density at radius 2 is 1.85 bits per heavy atom. The minimum Gasteiger partial charge on any atom is -0.372 e. The van der Waals surface area contributed by atoms with Gasteiger partial charge in [0.15, 0.2) is 5.96 Å². The van der Waals surface area contributed by atoms with Crippen molar-refractivity contribution in [2.45, 2.75) is 57.2 Å². The van der Waals surface area contributed by atoms with E-state index in [0.29, 0.717) is 25.0 Å². The third kappa shape index (κ3) is 9.01. The first-order chi connectivity index (χ1) is 9.47. The van der Waals surface area contributed by atoms with E-state index in [1.54, 1.807) is 0 Å². The number of guanidine groups is 1. The van der Waals surface area contributed by atoms with Crippen LogP contribution < -0.4 is 11.1 Å². The largest absolute Gasteiger partial charge is 0.411 e. The van der Waals surface area contributed by atoms with Crippen molar-refractivity contribution in [3.8, 4) is 0 Å². The van der Waals surface area contributed by atoms with E-state index in [-0.39, 0.29) is 6.61 Å². The van der Waals surface area contributed by atoms with Gasteiger partial charge in [0.05, 0.1) is 0 Å². The van der Waals surface area contributed by atoms with Gasteiger partial charge in [0.2, 0.25) is 0 Å². The number of nitrogens with two attached hydrogens (primary N) is 1. The number of aliphatic imine (C=N–C) groups is 1. The Kier molecular flexibility index (Phi) is 7.72. The summed E-state index contributed by atoms with van der Waals surface area (Å²) in [6, 6.07) is 0.378. The Balaban J connectivity index is 2.08. The van der Waals surface area contributed by atoms with Crippen LogP contribution in [0.4, 0.5) is 13.2 Å². The Labute approximate surface area is 118 Å². The van der Waals surface area contributed by atoms with Crippen LogP contribution in [0.15, 0.2) is 4.99 Å². The maximum absolute atomic E-state index is 11.8. The average molecular weight is 295 g/mol. The molecule has 1 aliphatic carbocycles. The molecule has 1 rings (SSSR count). The molecular weight excluding hydrogens is 271 g/mol. The number of ether oxygens (including phenoxy) is 1. The predicted octanol–water partition coefficient (Wildman–Crippen LogP) is 2.58. The van der Waals surface area contributed by atoms with Crippen LogP contribution in [0.3, 0.4) is 0 Å². The van der Waals surface area contributed by atoms with Crippen LogP contribution in [0.5, 0.6) is 0 Å². The fourth-order valence-electron chi connectivity index (χ4n) is 2.23. The summed E-state index contributed by atoms with van der Waals surface area (Å²) in [6.07, 6.45) is 3.33. The molecule has 1 fully saturated rings. The van der Waals surface area contributed by atoms with E-state index in [1.807, 2.05) is 0 Å². The van der Waals surface area contributed by atoms with Crippen LogP contribution in [0.25, 0.3) is 0 Å². The molecule has 0 bridgehead atoms. The summed E-state index contributed by atoms with van der Waals surface area (Å²) < 4.78 is 39.9. The summed E-state index contributed by atoms with van der Waals surface area (Å²) in [7, 11) is 0. The first kappa shape index (κ1) is 17.1. The fourth-order valence-corrected chi connectivity index (χ4v) is 2.23. The second-order valence-corrected chi connectivity index (χ2v) is 5.12. The lowest BCUT2D eigenvalue weighted by atomic mass is 10.1. The second kappa shape index (κ2) is 9.05. The molecule has 1 aliphatic rings. The quantitative estimate of drug-likeness (QED) is 0.343. The van der Waals surface area contributed by atoms with E-state index < -0.39 is 12.8 Å². The molecule has 0 spiro atoms. The zero-order valence-corrected chi connectivity index (χ0v) is 11.7. The summed E-state index contributed by atoms with van der Waals surface area (Å²) in [5.41, 5.74) is 5.76. The highest BCUT2D eigenvalue weighted by Crippen LogP contribution is 2.17. The molecule has 0 unspecified atom stereocenters. The van der Waals surface area contributed by atoms with Gasteiger partial charge in [-0.05, 0) is 19.3 Å². The Morgan fingerprint density at radius 1 is 1.20 bits per heavy atom. The van der Waals surface area contributed by atoms with Crippen molar-refractivity contribution in [2.75, 3.05) is 19.8 Å². The number of alkyl halides is 3. The average Bonchev–Trinajstić information content (AvgIpc) is 2.61. The summed E-state index contributed by atoms with van der Waals surface area (Å²) in [5, 5.41) is 3.18. The van der Waals surface area contributed by atoms with Gasteiger partial charge in [0.1, 0.15) is 6.61 Å². The molecule has 0 atom stereocenters. The monoisotopic (exact) mass is 295 g/mol. The molecule has 3 N–H and O–H groups in total. The van der Waals surface area contributed by atoms with E-state index >= 15 is 0 Å². The third-order valence-corrected chi connectivity index (χ3v) is 3.20. The lowest BCUT2D eigenvalue weighted by molar-refractivity contribution is -0.173. The van der Waals surface area contributed by atoms with Crippen LogP contribution in [-0.2, 0) is 4.74 Å². The zero-order valence-electron chi connectivity index (χ0n) is 11.7. The fraction of sp³-hybridized carbons (Fsp3) is 0.923. The molecule has 4 nitrogen and oxygen atoms in total. The second-order valence-electron chi connectivity index (χ2n) is 5.12. The molecule has 118 valence electrons. The maximum Gasteiger partial charge on any atom is 0.411 e. The van der Waals surface area contributed by atoms with Gasteiger partial charge in [-0.3, -0.25) is 4.99 Å². The minimum atomic E-state index is -4.26. The SMILES string of the molecule is NC(=NCCCOCC(F)(F)F)NC1CCCCCC1. The van der Waals surface area contributed by atoms with E-state index in [1.165, 1.54) is 25.7 Å². The van der Waals surface area contributed by atoms with Crippen molar-refractivity contribution in [3.05, 3.63) is 0 Å². The Bertz CT molecular complexity index is 287. The Hall–Kier alpha value is -0.980. The lowest BCUT2D eigenvalue weighted by Crippen LogP contribution is -2.39. The highest BCUT2D eigenvalue weighted by atomic mass is 19.4. The van der Waals surface area contributed by atoms with Crippen molar-refractivity contribution in [1.29, 1.82) is 0 Å². The van der Waals surface area contributed by atoms with Gasteiger partial charge in [-0.2, -0.15) is 13.2 Å². The molecular formula is C13H24F3N3O. The van der Waals surface area contributed by atoms with Crippen molar-refractivity contribution < 1.29 is 17.9 Å². The van der Waals surface area contributed by atoms with Crippen LogP contribution in [0, 0.1) is 0 Å². The molecule has 0 aromatic rings. The molecule has 7 heteroatoms. The van der Waals surface area contributed by atoms with Crippen molar-refractivity contribution >= 4 is 5.96 Å². The molecule has 0 saturated heterocycles. The van der Waals surface area contributed by atoms with Crippen LogP contribution >= 0.6 is 0 Å². The van der Waals surface area contributed by atoms with Crippen LogP contribution in [0.2, 0.25) is 0 Å². The molecule has 20 heavy (non-hydrogen) atoms. The molecule has 0 heterocycles. The summed E-state index contributed by atoms with van der Waals surface area (Å²) in [4.78, 5) is 4.10. The number of hydrogen-bond acceptors (Lipinski definition) is 2. The van der Waals surface area contributed by atoms with E-state index in [0.717, 1.165) is 12.8 Å². The van der Waals surface area contributed by atoms with E-state index in [2.05, 4.69) is 15.0 Å². The van der Waals surface area contributed by atoms with Gasteiger partial charge in [-0.15, -0.1) is 0 Å². The number of rotatable bonds is 6. The molecule has 0 aliphatic heterocycles. The molecule has 0 amide bonds. The van der Waals surface area contributed by atoms with Crippen LogP contribution in [-0.4, -0.2) is 37.9 Å². The Morgan fingerprint density at radius 3 is 2.45 bits per heavy atom. The van der Waals surface area contributed by atoms with Crippen molar-refractivity contribution in [2.24, 2.45) is 10.7 Å². The summed E-state index contributed by atoms with van der Waals surface area (Å²) in [5.74, 6) is 0.382. The van der Waals surface area contributed by atoms with E-state index in [4.69, 9.17) is 5.73 Å².